The molecule has 0 bridgehead atoms. The summed E-state index contributed by atoms with van der Waals surface area (Å²) >= 11 is 0. The molecule has 2 N–H and O–H groups in total. The zero-order valence-electron chi connectivity index (χ0n) is 14.7. The highest BCUT2D eigenvalue weighted by atomic mass is 19.3. The van der Waals surface area contributed by atoms with Gasteiger partial charge in [-0.2, -0.15) is 13.9 Å². The van der Waals surface area contributed by atoms with Gasteiger partial charge in [-0.1, -0.05) is 30.3 Å². The highest BCUT2D eigenvalue weighted by Crippen LogP contribution is 2.31. The molecule has 0 atom stereocenters. The molecular formula is C20H16F2N2O4. The van der Waals surface area contributed by atoms with Crippen LogP contribution in [0.2, 0.25) is 0 Å². The molecule has 3 rings (SSSR count). The van der Waals surface area contributed by atoms with E-state index in [1.54, 1.807) is 12.1 Å². The zero-order chi connectivity index (χ0) is 20.1. The summed E-state index contributed by atoms with van der Waals surface area (Å²) < 4.78 is 34.8. The van der Waals surface area contributed by atoms with E-state index in [1.165, 1.54) is 31.4 Å². The van der Waals surface area contributed by atoms with Crippen LogP contribution in [0.3, 0.4) is 0 Å². The lowest BCUT2D eigenvalue weighted by Gasteiger charge is -2.12. The van der Waals surface area contributed by atoms with Gasteiger partial charge in [0.15, 0.2) is 11.5 Å². The van der Waals surface area contributed by atoms with Crippen LogP contribution in [0.1, 0.15) is 15.9 Å². The van der Waals surface area contributed by atoms with Crippen LogP contribution in [0.5, 0.6) is 17.2 Å². The molecule has 1 amide bonds. The molecule has 144 valence electrons. The number of aromatic hydroxyl groups is 1. The van der Waals surface area contributed by atoms with Crippen LogP contribution in [0.15, 0.2) is 59.7 Å². The Morgan fingerprint density at radius 1 is 1.14 bits per heavy atom. The van der Waals surface area contributed by atoms with E-state index >= 15 is 0 Å². The molecule has 0 fully saturated rings. The van der Waals surface area contributed by atoms with Crippen molar-refractivity contribution in [1.29, 1.82) is 0 Å². The Bertz CT molecular complexity index is 1040. The average molecular weight is 386 g/mol. The van der Waals surface area contributed by atoms with Gasteiger partial charge in [0.2, 0.25) is 0 Å². The molecule has 3 aromatic rings. The molecule has 0 saturated carbocycles. The van der Waals surface area contributed by atoms with Gasteiger partial charge in [-0.15, -0.1) is 0 Å². The number of halogens is 2. The predicted molar refractivity (Wildman–Crippen MR) is 100 cm³/mol. The minimum atomic E-state index is -3.05. The molecule has 0 unspecified atom stereocenters. The molecule has 28 heavy (non-hydrogen) atoms. The standard InChI is InChI=1S/C20H16F2N2O4/c1-27-17-8-4-7-14(18(17)28-20(21)22)11-23-24-19(26)15-9-12-5-2-3-6-13(12)10-16(15)25/h2-11,20,25H,1H3,(H,24,26)/b23-11-. The van der Waals surface area contributed by atoms with Gasteiger partial charge < -0.3 is 14.6 Å². The lowest BCUT2D eigenvalue weighted by molar-refractivity contribution is -0.0513. The van der Waals surface area contributed by atoms with E-state index in [2.05, 4.69) is 15.3 Å². The molecular weight excluding hydrogens is 370 g/mol. The van der Waals surface area contributed by atoms with Gasteiger partial charge in [0.1, 0.15) is 5.75 Å². The first-order valence-electron chi connectivity index (χ1n) is 8.16. The summed E-state index contributed by atoms with van der Waals surface area (Å²) in [6, 6.07) is 14.8. The normalized spacial score (nSPS) is 11.1. The van der Waals surface area contributed by atoms with Crippen molar-refractivity contribution >= 4 is 22.9 Å². The minimum absolute atomic E-state index is 0.0329. The lowest BCUT2D eigenvalue weighted by atomic mass is 10.1. The van der Waals surface area contributed by atoms with Gasteiger partial charge >= 0.3 is 6.61 Å². The number of amides is 1. The summed E-state index contributed by atoms with van der Waals surface area (Å²) in [5.74, 6) is -0.956. The van der Waals surface area contributed by atoms with E-state index in [4.69, 9.17) is 4.74 Å². The lowest BCUT2D eigenvalue weighted by Crippen LogP contribution is -2.18. The van der Waals surface area contributed by atoms with E-state index in [-0.39, 0.29) is 28.4 Å². The molecule has 0 heterocycles. The van der Waals surface area contributed by atoms with E-state index in [0.717, 1.165) is 17.0 Å². The van der Waals surface area contributed by atoms with Crippen molar-refractivity contribution in [3.8, 4) is 17.2 Å². The number of phenols is 1. The monoisotopic (exact) mass is 386 g/mol. The second kappa shape index (κ2) is 8.34. The Morgan fingerprint density at radius 3 is 2.54 bits per heavy atom. The molecule has 6 nitrogen and oxygen atoms in total. The number of nitrogens with one attached hydrogen (secondary N) is 1. The number of fused-ring (bicyclic) bond motifs is 1. The van der Waals surface area contributed by atoms with Crippen LogP contribution in [-0.4, -0.2) is 30.9 Å². The Hall–Kier alpha value is -3.68. The van der Waals surface area contributed by atoms with Crippen molar-refractivity contribution in [2.24, 2.45) is 5.10 Å². The number of nitrogens with zero attached hydrogens (tertiary/aromatic N) is 1. The maximum atomic E-state index is 12.6. The zero-order valence-corrected chi connectivity index (χ0v) is 14.7. The number of ether oxygens (including phenoxy) is 2. The van der Waals surface area contributed by atoms with E-state index in [9.17, 15) is 18.7 Å². The van der Waals surface area contributed by atoms with Crippen molar-refractivity contribution < 1.29 is 28.2 Å². The van der Waals surface area contributed by atoms with Gasteiger partial charge in [-0.3, -0.25) is 4.79 Å². The van der Waals surface area contributed by atoms with E-state index in [0.29, 0.717) is 0 Å². The topological polar surface area (TPSA) is 80.2 Å². The molecule has 3 aromatic carbocycles. The van der Waals surface area contributed by atoms with Crippen molar-refractivity contribution in [2.45, 2.75) is 6.61 Å². The Morgan fingerprint density at radius 2 is 1.86 bits per heavy atom. The highest BCUT2D eigenvalue weighted by Gasteiger charge is 2.15. The first kappa shape index (κ1) is 19.1. The summed E-state index contributed by atoms with van der Waals surface area (Å²) in [4.78, 5) is 12.3. The summed E-state index contributed by atoms with van der Waals surface area (Å²) in [6.45, 7) is -3.05. The number of hydrogen-bond donors (Lipinski definition) is 2. The molecule has 8 heteroatoms. The van der Waals surface area contributed by atoms with Crippen molar-refractivity contribution in [2.75, 3.05) is 7.11 Å². The van der Waals surface area contributed by atoms with Gasteiger partial charge in [0.25, 0.3) is 5.91 Å². The van der Waals surface area contributed by atoms with E-state index in [1.807, 2.05) is 18.2 Å². The largest absolute Gasteiger partial charge is 0.507 e. The number of para-hydroxylation sites is 1. The number of hydrogen-bond acceptors (Lipinski definition) is 5. The number of rotatable bonds is 6. The Labute approximate surface area is 159 Å². The number of hydrazone groups is 1. The van der Waals surface area contributed by atoms with Crippen LogP contribution in [0.4, 0.5) is 8.78 Å². The molecule has 0 spiro atoms. The first-order chi connectivity index (χ1) is 13.5. The van der Waals surface area contributed by atoms with Crippen LogP contribution in [0, 0.1) is 0 Å². The number of carbonyl (C=O) groups excluding carboxylic acids is 1. The number of phenolic OH excluding ortho intramolecular Hbond substituents is 1. The summed E-state index contributed by atoms with van der Waals surface area (Å²) in [7, 11) is 1.32. The minimum Gasteiger partial charge on any atom is -0.507 e. The second-order valence-corrected chi connectivity index (χ2v) is 5.67. The summed E-state index contributed by atoms with van der Waals surface area (Å²) in [6.07, 6.45) is 1.15. The second-order valence-electron chi connectivity index (χ2n) is 5.67. The van der Waals surface area contributed by atoms with Gasteiger partial charge in [0, 0.05) is 5.56 Å². The van der Waals surface area contributed by atoms with Crippen LogP contribution in [0.25, 0.3) is 10.8 Å². The third kappa shape index (κ3) is 4.17. The first-order valence-corrected chi connectivity index (χ1v) is 8.16. The fourth-order valence-electron chi connectivity index (χ4n) is 2.64. The molecule has 0 aromatic heterocycles. The maximum Gasteiger partial charge on any atom is 0.387 e. The van der Waals surface area contributed by atoms with Crippen molar-refractivity contribution in [1.82, 2.24) is 5.43 Å². The smallest absolute Gasteiger partial charge is 0.387 e. The number of carbonyl (C=O) groups is 1. The number of benzene rings is 3. The average Bonchev–Trinajstić information content (AvgIpc) is 2.68. The van der Waals surface area contributed by atoms with Gasteiger partial charge in [-0.05, 0) is 35.0 Å². The number of alkyl halides is 2. The predicted octanol–water partition coefficient (Wildman–Crippen LogP) is 3.92. The molecule has 0 saturated heterocycles. The molecule has 0 radical (unpaired) electrons. The van der Waals surface area contributed by atoms with Crippen LogP contribution in [-0.2, 0) is 0 Å². The molecule has 0 aliphatic carbocycles. The van der Waals surface area contributed by atoms with Crippen molar-refractivity contribution in [3.63, 3.8) is 0 Å². The van der Waals surface area contributed by atoms with Crippen molar-refractivity contribution in [3.05, 3.63) is 65.7 Å². The Balaban J connectivity index is 1.82. The Kier molecular flexibility index (Phi) is 5.69. The van der Waals surface area contributed by atoms with Crippen LogP contribution < -0.4 is 14.9 Å². The maximum absolute atomic E-state index is 12.6. The van der Waals surface area contributed by atoms with E-state index < -0.39 is 12.5 Å². The molecule has 0 aliphatic heterocycles. The van der Waals surface area contributed by atoms with Gasteiger partial charge in [-0.25, -0.2) is 5.43 Å². The fraction of sp³-hybridized carbons (Fsp3) is 0.100. The van der Waals surface area contributed by atoms with Crippen LogP contribution >= 0.6 is 0 Å². The quantitative estimate of drug-likeness (QED) is 0.497. The van der Waals surface area contributed by atoms with Gasteiger partial charge in [0.05, 0.1) is 18.9 Å². The summed E-state index contributed by atoms with van der Waals surface area (Å²) in [5.41, 5.74) is 2.47. The summed E-state index contributed by atoms with van der Waals surface area (Å²) in [5, 5.41) is 15.4. The third-order valence-corrected chi connectivity index (χ3v) is 3.91. The fourth-order valence-corrected chi connectivity index (χ4v) is 2.64. The molecule has 0 aliphatic rings. The third-order valence-electron chi connectivity index (χ3n) is 3.91. The SMILES string of the molecule is COc1cccc(/C=N\NC(=O)c2cc3ccccc3cc2O)c1OC(F)F. The highest BCUT2D eigenvalue weighted by molar-refractivity contribution is 6.01. The number of methoxy groups -OCH3 is 1.